The summed E-state index contributed by atoms with van der Waals surface area (Å²) < 4.78 is 30.8. The second-order valence-corrected chi connectivity index (χ2v) is 7.44. The fourth-order valence-corrected chi connectivity index (χ4v) is 3.41. The third-order valence-corrected chi connectivity index (χ3v) is 3.36. The maximum atomic E-state index is 10.3. The Bertz CT molecular complexity index is 322. The molecule has 21 heavy (non-hydrogen) atoms. The fourth-order valence-electron chi connectivity index (χ4n) is 0.869. The first-order chi connectivity index (χ1) is 6.79. The van der Waals surface area contributed by atoms with Crippen LogP contribution in [0.4, 0.5) is 0 Å². The van der Waals surface area contributed by atoms with Crippen molar-refractivity contribution in [1.82, 2.24) is 4.90 Å². The molecule has 0 aliphatic rings. The van der Waals surface area contributed by atoms with Gasteiger partial charge in [-0.2, -0.15) is 0 Å². The van der Waals surface area contributed by atoms with Crippen molar-refractivity contribution in [3.63, 3.8) is 0 Å². The summed E-state index contributed by atoms with van der Waals surface area (Å²) in [5, 5.41) is 0. The van der Waals surface area contributed by atoms with Gasteiger partial charge in [-0.05, 0) is 0 Å². The molecule has 0 aliphatic heterocycles. The second-order valence-electron chi connectivity index (χ2n) is 2.93. The third kappa shape index (κ3) is 36.3. The smallest absolute Gasteiger partial charge is 0.810 e. The summed E-state index contributed by atoms with van der Waals surface area (Å²) >= 11 is 0. The molecule has 0 aromatic rings. The topological polar surface area (TPSA) is 193 Å². The average molecular weight is 488 g/mol. The molecule has 0 bridgehead atoms. The summed E-state index contributed by atoms with van der Waals surface area (Å²) in [5.41, 5.74) is 0. The Morgan fingerprint density at radius 1 is 0.524 bits per heavy atom. The summed E-state index contributed by atoms with van der Waals surface area (Å²) in [6.07, 6.45) is -4.55. The van der Waals surface area contributed by atoms with Crippen molar-refractivity contribution in [2.75, 3.05) is 18.9 Å². The molecule has 0 fully saturated rings. The third-order valence-electron chi connectivity index (χ3n) is 1.12. The van der Waals surface area contributed by atoms with E-state index in [1.807, 2.05) is 0 Å². The standard InChI is InChI=1S/C3H12NO9P3.5K/c5-14(6,7)1-4(2-15(8,9)10)3-16(11,12)13;;;;;/h1-3H2,(H2,5,6,7)(H2,8,9,10)(H2,11,12,13);;;;;/q;5*+1/p-6. The van der Waals surface area contributed by atoms with E-state index in [0.29, 0.717) is 0 Å². The van der Waals surface area contributed by atoms with Crippen molar-refractivity contribution in [2.45, 2.75) is 0 Å². The van der Waals surface area contributed by atoms with Gasteiger partial charge in [-0.3, -0.25) is 4.90 Å². The van der Waals surface area contributed by atoms with E-state index >= 15 is 0 Å². The van der Waals surface area contributed by atoms with Gasteiger partial charge in [0.1, 0.15) is 0 Å². The van der Waals surface area contributed by atoms with Crippen LogP contribution in [0.25, 0.3) is 0 Å². The van der Waals surface area contributed by atoms with Gasteiger partial charge in [0.25, 0.3) is 0 Å². The Labute approximate surface area is 335 Å². The first kappa shape index (κ1) is 43.5. The van der Waals surface area contributed by atoms with Gasteiger partial charge in [0.15, 0.2) is 0 Å². The van der Waals surface area contributed by atoms with E-state index in [1.165, 1.54) is 0 Å². The molecule has 98 valence electrons. The molecule has 0 saturated heterocycles. The average Bonchev–Trinajstić information content (AvgIpc) is 1.70. The van der Waals surface area contributed by atoms with Crippen molar-refractivity contribution in [2.24, 2.45) is 0 Å². The Balaban J connectivity index is -0.000000112. The molecular weight excluding hydrogens is 482 g/mol. The zero-order valence-electron chi connectivity index (χ0n) is 12.6. The molecule has 10 nitrogen and oxygen atoms in total. The van der Waals surface area contributed by atoms with Gasteiger partial charge in [-0.25, -0.2) is 0 Å². The van der Waals surface area contributed by atoms with E-state index in [4.69, 9.17) is 0 Å². The molecule has 0 aliphatic carbocycles. The molecule has 0 unspecified atom stereocenters. The molecule has 0 N–H and O–H groups in total. The SMILES string of the molecule is O=P([O-])([O-])CN(CP(=O)([O-])[O-])CP(=O)([O-])[O-].[K+].[K+].[K+].[K+].[K+]. The summed E-state index contributed by atoms with van der Waals surface area (Å²) in [6, 6.07) is 0. The van der Waals surface area contributed by atoms with E-state index in [1.54, 1.807) is 0 Å². The number of nitrogens with zero attached hydrogens (tertiary/aromatic N) is 1. The van der Waals surface area contributed by atoms with Crippen LogP contribution < -0.4 is 286 Å². The zero-order valence-corrected chi connectivity index (χ0v) is 30.9. The predicted molar refractivity (Wildman–Crippen MR) is 39.3 cm³/mol. The summed E-state index contributed by atoms with van der Waals surface area (Å²) in [5.74, 6) is 0. The largest absolute Gasteiger partial charge is 1.00 e. The van der Waals surface area contributed by atoms with Gasteiger partial charge in [0, 0.05) is 18.9 Å². The van der Waals surface area contributed by atoms with Gasteiger partial charge in [0.2, 0.25) is 0 Å². The monoisotopic (exact) mass is 488 g/mol. The van der Waals surface area contributed by atoms with Gasteiger partial charge < -0.3 is 43.1 Å². The molecule has 0 spiro atoms. The minimum absolute atomic E-state index is 0. The summed E-state index contributed by atoms with van der Waals surface area (Å²) in [7, 11) is -15.8. The normalized spacial score (nSPS) is 11.0. The number of hydrogen-bond acceptors (Lipinski definition) is 10. The summed E-state index contributed by atoms with van der Waals surface area (Å²) in [4.78, 5) is 61.5. The van der Waals surface area contributed by atoms with Crippen LogP contribution in [0.3, 0.4) is 0 Å². The molecule has 0 radical (unpaired) electrons. The van der Waals surface area contributed by atoms with E-state index < -0.39 is 41.6 Å². The Morgan fingerprint density at radius 2 is 0.667 bits per heavy atom. The van der Waals surface area contributed by atoms with E-state index in [2.05, 4.69) is 0 Å². The molecule has 0 saturated carbocycles. The van der Waals surface area contributed by atoms with Crippen LogP contribution in [-0.4, -0.2) is 23.8 Å². The Kier molecular flexibility index (Phi) is 42.4. The Morgan fingerprint density at radius 3 is 0.762 bits per heavy atom. The number of rotatable bonds is 6. The van der Waals surface area contributed by atoms with Crippen LogP contribution >= 0.6 is 22.8 Å². The van der Waals surface area contributed by atoms with Crippen molar-refractivity contribution in [1.29, 1.82) is 0 Å². The van der Waals surface area contributed by atoms with Crippen molar-refractivity contribution in [3.8, 4) is 0 Å². The zero-order chi connectivity index (χ0) is 13.2. The van der Waals surface area contributed by atoms with Gasteiger partial charge >= 0.3 is 257 Å². The maximum absolute atomic E-state index is 10.3. The van der Waals surface area contributed by atoms with Gasteiger partial charge in [0.05, 0.1) is 0 Å². The van der Waals surface area contributed by atoms with Crippen LogP contribution in [0.5, 0.6) is 0 Å². The first-order valence-corrected chi connectivity index (χ1v) is 8.72. The van der Waals surface area contributed by atoms with E-state index in [-0.39, 0.29) is 262 Å². The molecule has 0 heterocycles. The Hall–Kier alpha value is 8.59. The van der Waals surface area contributed by atoms with Crippen LogP contribution in [0.2, 0.25) is 0 Å². The van der Waals surface area contributed by atoms with Crippen LogP contribution in [0, 0.1) is 0 Å². The van der Waals surface area contributed by atoms with Crippen LogP contribution in [0.1, 0.15) is 0 Å². The molecule has 0 rings (SSSR count). The van der Waals surface area contributed by atoms with E-state index in [0.717, 1.165) is 0 Å². The molecule has 0 aromatic heterocycles. The van der Waals surface area contributed by atoms with Crippen molar-refractivity contribution < 1.29 is 300 Å². The molecule has 0 amide bonds. The molecule has 18 heteroatoms. The minimum atomic E-state index is -5.27. The van der Waals surface area contributed by atoms with E-state index in [9.17, 15) is 43.1 Å². The first-order valence-electron chi connectivity index (χ1n) is 3.54. The minimum Gasteiger partial charge on any atom is -0.810 e. The fraction of sp³-hybridized carbons (Fsp3) is 1.00. The predicted octanol–water partition coefficient (Wildman–Crippen LogP) is -20.1. The van der Waals surface area contributed by atoms with Crippen LogP contribution in [-0.2, 0) is 13.7 Å². The number of hydrogen-bond donors (Lipinski definition) is 0. The molecule has 0 aromatic carbocycles. The molecule has 0 atom stereocenters. The van der Waals surface area contributed by atoms with Crippen molar-refractivity contribution in [3.05, 3.63) is 0 Å². The maximum Gasteiger partial charge on any atom is 1.00 e. The second kappa shape index (κ2) is 20.5. The molecular formula is C3H6K5NO9P3-. The van der Waals surface area contributed by atoms with Crippen molar-refractivity contribution >= 4 is 22.8 Å². The van der Waals surface area contributed by atoms with Crippen LogP contribution in [0.15, 0.2) is 0 Å². The van der Waals surface area contributed by atoms with Gasteiger partial charge in [-0.15, -0.1) is 0 Å². The summed E-state index contributed by atoms with van der Waals surface area (Å²) in [6.45, 7) is 0. The van der Waals surface area contributed by atoms with Gasteiger partial charge in [-0.1, -0.05) is 22.8 Å². The quantitative estimate of drug-likeness (QED) is 0.256.